The lowest BCUT2D eigenvalue weighted by molar-refractivity contribution is -0.0105. The fraction of sp³-hybridized carbons (Fsp3) is 0.600. The molecule has 0 spiro atoms. The lowest BCUT2D eigenvalue weighted by Crippen LogP contribution is -2.26. The monoisotopic (exact) mass is 251 g/mol. The molecule has 2 N–H and O–H groups in total. The third-order valence-electron chi connectivity index (χ3n) is 2.38. The summed E-state index contributed by atoms with van der Waals surface area (Å²) in [4.78, 5) is 0. The van der Waals surface area contributed by atoms with Gasteiger partial charge in [-0.1, -0.05) is 18.2 Å². The quantitative estimate of drug-likeness (QED) is 0.873. The van der Waals surface area contributed by atoms with E-state index in [9.17, 15) is 0 Å². The van der Waals surface area contributed by atoms with E-state index in [4.69, 9.17) is 15.2 Å². The lowest BCUT2D eigenvalue weighted by Gasteiger charge is -2.24. The molecule has 1 aromatic carbocycles. The van der Waals surface area contributed by atoms with Gasteiger partial charge in [-0.2, -0.15) is 0 Å². The van der Waals surface area contributed by atoms with Gasteiger partial charge in [0.05, 0.1) is 24.4 Å². The molecule has 0 fully saturated rings. The molecule has 0 saturated carbocycles. The van der Waals surface area contributed by atoms with Crippen molar-refractivity contribution in [3.05, 3.63) is 29.8 Å². The molecule has 0 amide bonds. The Morgan fingerprint density at radius 1 is 1.17 bits per heavy atom. The highest BCUT2D eigenvalue weighted by molar-refractivity contribution is 5.36. The number of hydrogen-bond donors (Lipinski definition) is 1. The summed E-state index contributed by atoms with van der Waals surface area (Å²) >= 11 is 0. The van der Waals surface area contributed by atoms with E-state index in [0.29, 0.717) is 6.61 Å². The van der Waals surface area contributed by atoms with Crippen LogP contribution < -0.4 is 10.5 Å². The van der Waals surface area contributed by atoms with Crippen molar-refractivity contribution in [3.63, 3.8) is 0 Å². The van der Waals surface area contributed by atoms with Gasteiger partial charge in [-0.25, -0.2) is 0 Å². The second-order valence-corrected chi connectivity index (χ2v) is 5.73. The molecule has 0 aromatic heterocycles. The molecule has 18 heavy (non-hydrogen) atoms. The van der Waals surface area contributed by atoms with Crippen molar-refractivity contribution >= 4 is 0 Å². The van der Waals surface area contributed by atoms with Crippen LogP contribution in [-0.4, -0.2) is 18.3 Å². The van der Waals surface area contributed by atoms with Crippen LogP contribution in [0.4, 0.5) is 0 Å². The second-order valence-electron chi connectivity index (χ2n) is 5.73. The minimum Gasteiger partial charge on any atom is -0.491 e. The summed E-state index contributed by atoms with van der Waals surface area (Å²) in [5.74, 6) is 0.845. The van der Waals surface area contributed by atoms with E-state index in [1.54, 1.807) is 0 Å². The fourth-order valence-electron chi connectivity index (χ4n) is 1.58. The minimum absolute atomic E-state index is 0.141. The maximum absolute atomic E-state index is 6.17. The van der Waals surface area contributed by atoms with Crippen molar-refractivity contribution in [3.8, 4) is 5.75 Å². The molecule has 3 nitrogen and oxygen atoms in total. The van der Waals surface area contributed by atoms with E-state index in [2.05, 4.69) is 0 Å². The van der Waals surface area contributed by atoms with Crippen molar-refractivity contribution in [1.29, 1.82) is 0 Å². The van der Waals surface area contributed by atoms with Crippen LogP contribution in [0.1, 0.15) is 46.2 Å². The maximum Gasteiger partial charge on any atom is 0.124 e. The molecule has 0 heterocycles. The first kappa shape index (κ1) is 15.0. The van der Waals surface area contributed by atoms with Gasteiger partial charge in [-0.15, -0.1) is 0 Å². The second kappa shape index (κ2) is 6.21. The molecule has 0 aliphatic rings. The molecule has 1 rings (SSSR count). The van der Waals surface area contributed by atoms with Crippen LogP contribution >= 0.6 is 0 Å². The Morgan fingerprint density at radius 2 is 1.78 bits per heavy atom. The van der Waals surface area contributed by atoms with Crippen molar-refractivity contribution in [2.24, 2.45) is 5.73 Å². The van der Waals surface area contributed by atoms with Crippen LogP contribution in [0.15, 0.2) is 24.3 Å². The van der Waals surface area contributed by atoms with Crippen LogP contribution in [0.5, 0.6) is 5.75 Å². The zero-order chi connectivity index (χ0) is 13.8. The largest absolute Gasteiger partial charge is 0.491 e. The number of benzene rings is 1. The van der Waals surface area contributed by atoms with Crippen molar-refractivity contribution in [2.45, 2.75) is 52.4 Å². The topological polar surface area (TPSA) is 44.5 Å². The first-order valence-electron chi connectivity index (χ1n) is 6.44. The van der Waals surface area contributed by atoms with E-state index >= 15 is 0 Å². The van der Waals surface area contributed by atoms with Crippen LogP contribution in [0.25, 0.3) is 0 Å². The Bertz CT molecular complexity index is 369. The van der Waals surface area contributed by atoms with Crippen LogP contribution in [-0.2, 0) is 4.74 Å². The predicted molar refractivity (Wildman–Crippen MR) is 74.8 cm³/mol. The van der Waals surface area contributed by atoms with Gasteiger partial charge in [0.25, 0.3) is 0 Å². The highest BCUT2D eigenvalue weighted by Gasteiger charge is 2.17. The SMILES string of the molecule is CC(C)Oc1ccccc1C(N)COC(C)(C)C. The molecule has 0 aliphatic heterocycles. The Balaban J connectivity index is 2.75. The third kappa shape index (κ3) is 5.07. The van der Waals surface area contributed by atoms with Crippen molar-refractivity contribution in [2.75, 3.05) is 6.61 Å². The highest BCUT2D eigenvalue weighted by Crippen LogP contribution is 2.25. The summed E-state index contributed by atoms with van der Waals surface area (Å²) in [5.41, 5.74) is 6.99. The first-order valence-corrected chi connectivity index (χ1v) is 6.44. The van der Waals surface area contributed by atoms with E-state index in [1.165, 1.54) is 0 Å². The summed E-state index contributed by atoms with van der Waals surface area (Å²) in [6, 6.07) is 7.71. The molecule has 0 aliphatic carbocycles. The third-order valence-corrected chi connectivity index (χ3v) is 2.38. The van der Waals surface area contributed by atoms with Gasteiger partial charge in [0.2, 0.25) is 0 Å². The average Bonchev–Trinajstić information content (AvgIpc) is 2.25. The zero-order valence-electron chi connectivity index (χ0n) is 12.1. The Labute approximate surface area is 110 Å². The normalized spacial score (nSPS) is 13.7. The molecule has 1 atom stereocenters. The Kier molecular flexibility index (Phi) is 5.17. The Hall–Kier alpha value is -1.06. The summed E-state index contributed by atoms with van der Waals surface area (Å²) in [7, 11) is 0. The molecule has 1 aromatic rings. The van der Waals surface area contributed by atoms with Gasteiger partial charge >= 0.3 is 0 Å². The molecular weight excluding hydrogens is 226 g/mol. The van der Waals surface area contributed by atoms with Gasteiger partial charge in [0.1, 0.15) is 5.75 Å². The fourth-order valence-corrected chi connectivity index (χ4v) is 1.58. The van der Waals surface area contributed by atoms with Gasteiger partial charge in [-0.05, 0) is 40.7 Å². The van der Waals surface area contributed by atoms with Gasteiger partial charge in [0, 0.05) is 5.56 Å². The van der Waals surface area contributed by atoms with E-state index in [0.717, 1.165) is 11.3 Å². The summed E-state index contributed by atoms with van der Waals surface area (Å²) in [5, 5.41) is 0. The first-order chi connectivity index (χ1) is 8.29. The molecular formula is C15H25NO2. The molecule has 0 bridgehead atoms. The van der Waals surface area contributed by atoms with Crippen LogP contribution in [0.2, 0.25) is 0 Å². The van der Waals surface area contributed by atoms with Crippen molar-refractivity contribution in [1.82, 2.24) is 0 Å². The van der Waals surface area contributed by atoms with Gasteiger partial charge < -0.3 is 15.2 Å². The van der Waals surface area contributed by atoms with E-state index in [1.807, 2.05) is 58.9 Å². The number of nitrogens with two attached hydrogens (primary N) is 1. The lowest BCUT2D eigenvalue weighted by atomic mass is 10.1. The van der Waals surface area contributed by atoms with Crippen LogP contribution in [0, 0.1) is 0 Å². The van der Waals surface area contributed by atoms with E-state index < -0.39 is 0 Å². The number of ether oxygens (including phenoxy) is 2. The average molecular weight is 251 g/mol. The highest BCUT2D eigenvalue weighted by atomic mass is 16.5. The smallest absolute Gasteiger partial charge is 0.124 e. The molecule has 3 heteroatoms. The summed E-state index contributed by atoms with van der Waals surface area (Å²) < 4.78 is 11.5. The Morgan fingerprint density at radius 3 is 2.33 bits per heavy atom. The maximum atomic E-state index is 6.17. The number of para-hydroxylation sites is 1. The molecule has 1 unspecified atom stereocenters. The summed E-state index contributed by atoms with van der Waals surface area (Å²) in [6.45, 7) is 10.6. The van der Waals surface area contributed by atoms with Crippen molar-refractivity contribution < 1.29 is 9.47 Å². The van der Waals surface area contributed by atoms with Gasteiger partial charge in [-0.3, -0.25) is 0 Å². The minimum atomic E-state index is -0.175. The summed E-state index contributed by atoms with van der Waals surface area (Å²) in [6.07, 6.45) is 0.141. The van der Waals surface area contributed by atoms with Crippen LogP contribution in [0.3, 0.4) is 0 Å². The standard InChI is InChI=1S/C15H25NO2/c1-11(2)18-14-9-7-6-8-12(14)13(16)10-17-15(3,4)5/h6-9,11,13H,10,16H2,1-5H3. The molecule has 0 radical (unpaired) electrons. The zero-order valence-corrected chi connectivity index (χ0v) is 12.1. The van der Waals surface area contributed by atoms with E-state index in [-0.39, 0.29) is 17.7 Å². The number of hydrogen-bond acceptors (Lipinski definition) is 3. The predicted octanol–water partition coefficient (Wildman–Crippen LogP) is 3.29. The number of rotatable bonds is 5. The molecule has 102 valence electrons. The molecule has 0 saturated heterocycles. The van der Waals surface area contributed by atoms with Gasteiger partial charge in [0.15, 0.2) is 0 Å².